The highest BCUT2D eigenvalue weighted by Crippen LogP contribution is 2.12. The molecule has 1 aromatic carbocycles. The van der Waals surface area contributed by atoms with E-state index in [9.17, 15) is 14.4 Å². The van der Waals surface area contributed by atoms with E-state index in [1.807, 2.05) is 0 Å². The predicted molar refractivity (Wildman–Crippen MR) is 81.6 cm³/mol. The molecule has 0 radical (unpaired) electrons. The fraction of sp³-hybridized carbons (Fsp3) is 0.188. The number of amides is 1. The van der Waals surface area contributed by atoms with E-state index in [1.54, 1.807) is 19.1 Å². The minimum Gasteiger partial charge on any atom is -0.476 e. The molecule has 2 aromatic rings. The molecule has 0 fully saturated rings. The molecule has 0 unspecified atom stereocenters. The van der Waals surface area contributed by atoms with Gasteiger partial charge in [-0.2, -0.15) is 0 Å². The third kappa shape index (κ3) is 4.19. The van der Waals surface area contributed by atoms with Crippen LogP contribution in [0.15, 0.2) is 45.8 Å². The summed E-state index contributed by atoms with van der Waals surface area (Å²) in [7, 11) is 1.29. The van der Waals surface area contributed by atoms with Crippen molar-refractivity contribution in [2.24, 2.45) is 0 Å². The van der Waals surface area contributed by atoms with Gasteiger partial charge in [-0.3, -0.25) is 9.59 Å². The first-order valence-electron chi connectivity index (χ1n) is 6.70. The molecule has 0 aliphatic carbocycles. The zero-order valence-corrected chi connectivity index (χ0v) is 12.6. The lowest BCUT2D eigenvalue weighted by Gasteiger charge is -2.08. The molecule has 1 heterocycles. The topological polar surface area (TPSA) is 94.8 Å². The third-order valence-electron chi connectivity index (χ3n) is 2.95. The highest BCUT2D eigenvalue weighted by atomic mass is 16.5. The molecule has 23 heavy (non-hydrogen) atoms. The second-order valence-corrected chi connectivity index (χ2v) is 4.58. The minimum absolute atomic E-state index is 0.00342. The molecular weight excluding hydrogens is 302 g/mol. The van der Waals surface area contributed by atoms with E-state index in [4.69, 9.17) is 9.15 Å². The van der Waals surface area contributed by atoms with Gasteiger partial charge in [0, 0.05) is 11.8 Å². The summed E-state index contributed by atoms with van der Waals surface area (Å²) in [6.07, 6.45) is 1.26. The summed E-state index contributed by atoms with van der Waals surface area (Å²) >= 11 is 0. The maximum atomic E-state index is 11.8. The van der Waals surface area contributed by atoms with Gasteiger partial charge in [0.15, 0.2) is 6.61 Å². The lowest BCUT2D eigenvalue weighted by Crippen LogP contribution is -2.22. The average molecular weight is 317 g/mol. The summed E-state index contributed by atoms with van der Waals surface area (Å²) < 4.78 is 14.8. The molecule has 0 spiro atoms. The van der Waals surface area contributed by atoms with E-state index in [-0.39, 0.29) is 17.8 Å². The Balaban J connectivity index is 1.95. The number of ether oxygens (including phenoxy) is 2. The van der Waals surface area contributed by atoms with E-state index in [2.05, 4.69) is 10.1 Å². The summed E-state index contributed by atoms with van der Waals surface area (Å²) in [5.41, 5.74) is 0.506. The Labute approximate surface area is 131 Å². The summed E-state index contributed by atoms with van der Waals surface area (Å²) in [5, 5.41) is 2.59. The fourth-order valence-corrected chi connectivity index (χ4v) is 1.82. The van der Waals surface area contributed by atoms with Crippen molar-refractivity contribution < 1.29 is 23.5 Å². The Morgan fingerprint density at radius 3 is 2.48 bits per heavy atom. The molecule has 1 amide bonds. The molecule has 0 bridgehead atoms. The van der Waals surface area contributed by atoms with Crippen molar-refractivity contribution in [1.82, 2.24) is 0 Å². The molecule has 0 saturated carbocycles. The predicted octanol–water partition coefficient (Wildman–Crippen LogP) is 1.75. The maximum absolute atomic E-state index is 11.8. The molecule has 0 saturated heterocycles. The second kappa shape index (κ2) is 7.26. The number of carbonyl (C=O) groups is 2. The summed E-state index contributed by atoms with van der Waals surface area (Å²) in [4.78, 5) is 34.7. The molecule has 1 N–H and O–H groups in total. The van der Waals surface area contributed by atoms with E-state index < -0.39 is 11.9 Å². The van der Waals surface area contributed by atoms with Crippen LogP contribution in [-0.2, 0) is 9.53 Å². The van der Waals surface area contributed by atoms with Crippen LogP contribution in [-0.4, -0.2) is 25.6 Å². The first kappa shape index (κ1) is 16.3. The summed E-state index contributed by atoms with van der Waals surface area (Å²) in [6.45, 7) is 1.23. The van der Waals surface area contributed by atoms with Crippen molar-refractivity contribution in [1.29, 1.82) is 0 Å². The van der Waals surface area contributed by atoms with Gasteiger partial charge in [-0.1, -0.05) is 0 Å². The van der Waals surface area contributed by atoms with Crippen LogP contribution in [0.25, 0.3) is 0 Å². The van der Waals surface area contributed by atoms with Crippen molar-refractivity contribution in [3.8, 4) is 5.75 Å². The zero-order chi connectivity index (χ0) is 16.8. The van der Waals surface area contributed by atoms with Crippen molar-refractivity contribution in [2.75, 3.05) is 19.0 Å². The highest BCUT2D eigenvalue weighted by Gasteiger charge is 2.10. The Morgan fingerprint density at radius 2 is 1.87 bits per heavy atom. The Kier molecular flexibility index (Phi) is 5.14. The van der Waals surface area contributed by atoms with Crippen LogP contribution < -0.4 is 15.5 Å². The molecule has 7 heteroatoms. The van der Waals surface area contributed by atoms with Crippen LogP contribution in [0.1, 0.15) is 16.1 Å². The van der Waals surface area contributed by atoms with E-state index in [1.165, 1.54) is 31.6 Å². The van der Waals surface area contributed by atoms with Crippen LogP contribution in [0.2, 0.25) is 0 Å². The number of hydrogen-bond acceptors (Lipinski definition) is 6. The smallest absolute Gasteiger partial charge is 0.337 e. The molecule has 120 valence electrons. The molecule has 0 aliphatic rings. The molecule has 0 atom stereocenters. The van der Waals surface area contributed by atoms with Crippen molar-refractivity contribution >= 4 is 17.6 Å². The third-order valence-corrected chi connectivity index (χ3v) is 2.95. The summed E-state index contributed by atoms with van der Waals surface area (Å²) in [6, 6.07) is 7.39. The van der Waals surface area contributed by atoms with Crippen LogP contribution in [0, 0.1) is 6.92 Å². The SMILES string of the molecule is COC(=O)c1ccc(NC(=O)COc2c(C)occc2=O)cc1. The van der Waals surface area contributed by atoms with Gasteiger partial charge in [-0.15, -0.1) is 0 Å². The van der Waals surface area contributed by atoms with Gasteiger partial charge in [0.2, 0.25) is 11.2 Å². The first-order valence-corrected chi connectivity index (χ1v) is 6.70. The number of anilines is 1. The second-order valence-electron chi connectivity index (χ2n) is 4.58. The maximum Gasteiger partial charge on any atom is 0.337 e. The van der Waals surface area contributed by atoms with E-state index in [0.29, 0.717) is 17.0 Å². The van der Waals surface area contributed by atoms with Gasteiger partial charge in [0.1, 0.15) is 5.76 Å². The zero-order valence-electron chi connectivity index (χ0n) is 12.6. The van der Waals surface area contributed by atoms with Gasteiger partial charge in [-0.05, 0) is 31.2 Å². The molecule has 0 aliphatic heterocycles. The lowest BCUT2D eigenvalue weighted by atomic mass is 10.2. The number of nitrogens with one attached hydrogen (secondary N) is 1. The molecule has 1 aromatic heterocycles. The van der Waals surface area contributed by atoms with Gasteiger partial charge in [0.25, 0.3) is 5.91 Å². The number of rotatable bonds is 5. The van der Waals surface area contributed by atoms with E-state index >= 15 is 0 Å². The average Bonchev–Trinajstić information content (AvgIpc) is 2.54. The van der Waals surface area contributed by atoms with Crippen LogP contribution >= 0.6 is 0 Å². The number of esters is 1. The van der Waals surface area contributed by atoms with Crippen LogP contribution in [0.4, 0.5) is 5.69 Å². The lowest BCUT2D eigenvalue weighted by molar-refractivity contribution is -0.118. The Morgan fingerprint density at radius 1 is 1.17 bits per heavy atom. The Hall–Kier alpha value is -3.09. The van der Waals surface area contributed by atoms with Gasteiger partial charge >= 0.3 is 5.97 Å². The minimum atomic E-state index is -0.461. The number of hydrogen-bond donors (Lipinski definition) is 1. The van der Waals surface area contributed by atoms with Gasteiger partial charge in [-0.25, -0.2) is 4.79 Å². The number of methoxy groups -OCH3 is 1. The first-order chi connectivity index (χ1) is 11.0. The monoisotopic (exact) mass is 317 g/mol. The van der Waals surface area contributed by atoms with Crippen LogP contribution in [0.3, 0.4) is 0 Å². The molecular formula is C16H15NO6. The largest absolute Gasteiger partial charge is 0.476 e. The van der Waals surface area contributed by atoms with Crippen molar-refractivity contribution in [3.05, 3.63) is 58.1 Å². The standard InChI is InChI=1S/C16H15NO6/c1-10-15(13(18)7-8-22-10)23-9-14(19)17-12-5-3-11(4-6-12)16(20)21-2/h3-8H,9H2,1-2H3,(H,17,19). The quantitative estimate of drug-likeness (QED) is 0.844. The van der Waals surface area contributed by atoms with Gasteiger partial charge < -0.3 is 19.2 Å². The highest BCUT2D eigenvalue weighted by molar-refractivity contribution is 5.93. The van der Waals surface area contributed by atoms with Crippen molar-refractivity contribution in [3.63, 3.8) is 0 Å². The number of carbonyl (C=O) groups excluding carboxylic acids is 2. The van der Waals surface area contributed by atoms with Gasteiger partial charge in [0.05, 0.1) is 18.9 Å². The normalized spacial score (nSPS) is 10.0. The number of benzene rings is 1. The molecule has 7 nitrogen and oxygen atoms in total. The van der Waals surface area contributed by atoms with E-state index in [0.717, 1.165) is 0 Å². The number of aryl methyl sites for hydroxylation is 1. The van der Waals surface area contributed by atoms with Crippen LogP contribution in [0.5, 0.6) is 5.75 Å². The molecule has 2 rings (SSSR count). The van der Waals surface area contributed by atoms with Crippen molar-refractivity contribution in [2.45, 2.75) is 6.92 Å². The Bertz CT molecular complexity index is 763. The fourth-order valence-electron chi connectivity index (χ4n) is 1.82. The summed E-state index contributed by atoms with van der Waals surface area (Å²) in [5.74, 6) is -0.604.